The molecule has 3 N–H and O–H groups in total. The first-order chi connectivity index (χ1) is 16.7. The second-order valence-corrected chi connectivity index (χ2v) is 9.97. The summed E-state index contributed by atoms with van der Waals surface area (Å²) in [5.41, 5.74) is 8.16. The zero-order valence-corrected chi connectivity index (χ0v) is 22.0. The van der Waals surface area contributed by atoms with E-state index in [-0.39, 0.29) is 33.7 Å². The van der Waals surface area contributed by atoms with Crippen molar-refractivity contribution in [2.45, 2.75) is 52.2 Å². The average molecular weight is 516 g/mol. The highest BCUT2D eigenvalue weighted by atomic mass is 32.2. The number of hydrogen-bond donors (Lipinski definition) is 2. The van der Waals surface area contributed by atoms with Gasteiger partial charge in [0.15, 0.2) is 11.0 Å². The first-order valence-corrected chi connectivity index (χ1v) is 13.0. The predicted molar refractivity (Wildman–Crippen MR) is 138 cm³/mol. The van der Waals surface area contributed by atoms with Crippen molar-refractivity contribution in [1.82, 2.24) is 14.8 Å². The van der Waals surface area contributed by atoms with Crippen molar-refractivity contribution in [3.05, 3.63) is 45.8 Å². The van der Waals surface area contributed by atoms with Crippen LogP contribution in [0.3, 0.4) is 0 Å². The highest BCUT2D eigenvalue weighted by Gasteiger charge is 2.26. The number of nitrogens with one attached hydrogen (secondary N) is 1. The Labute approximate surface area is 212 Å². The van der Waals surface area contributed by atoms with E-state index in [2.05, 4.69) is 41.5 Å². The van der Waals surface area contributed by atoms with Gasteiger partial charge in [0.05, 0.1) is 22.8 Å². The van der Waals surface area contributed by atoms with Crippen LogP contribution in [0.25, 0.3) is 11.4 Å². The number of aromatic nitrogens is 3. The summed E-state index contributed by atoms with van der Waals surface area (Å²) in [5.74, 6) is -0.432. The molecule has 186 valence electrons. The largest absolute Gasteiger partial charge is 0.462 e. The molecule has 3 aromatic rings. The van der Waals surface area contributed by atoms with Gasteiger partial charge in [-0.25, -0.2) is 4.79 Å². The number of carbonyl (C=O) groups excluding carboxylic acids is 3. The van der Waals surface area contributed by atoms with Crippen LogP contribution in [0.5, 0.6) is 0 Å². The summed E-state index contributed by atoms with van der Waals surface area (Å²) in [4.78, 5) is 37.1. The van der Waals surface area contributed by atoms with E-state index >= 15 is 0 Å². The van der Waals surface area contributed by atoms with Crippen LogP contribution in [0.15, 0.2) is 29.4 Å². The molecule has 1 aromatic carbocycles. The number of nitrogens with two attached hydrogens (primary N) is 1. The molecule has 0 aliphatic heterocycles. The normalized spacial score (nSPS) is 11.0. The number of thioether (sulfide) groups is 1. The first kappa shape index (κ1) is 26.4. The van der Waals surface area contributed by atoms with Crippen LogP contribution in [-0.4, -0.2) is 44.9 Å². The van der Waals surface area contributed by atoms with E-state index < -0.39 is 11.9 Å². The van der Waals surface area contributed by atoms with Gasteiger partial charge in [0.1, 0.15) is 5.00 Å². The summed E-state index contributed by atoms with van der Waals surface area (Å²) in [6.45, 7) is 10.4. The number of benzene rings is 1. The summed E-state index contributed by atoms with van der Waals surface area (Å²) in [6, 6.07) is 8.22. The quantitative estimate of drug-likeness (QED) is 0.301. The summed E-state index contributed by atoms with van der Waals surface area (Å²) in [6.07, 6.45) is 0. The molecule has 2 amide bonds. The number of thiophene rings is 1. The van der Waals surface area contributed by atoms with Gasteiger partial charge in [0.25, 0.3) is 5.91 Å². The number of hydrogen-bond acceptors (Lipinski definition) is 8. The SMILES string of the molecule is CCOC(=O)c1c(NC(=O)CSc2nnc(-c3ccc(C(C)C)cc3)n2CC)sc(C(N)=O)c1C. The third kappa shape index (κ3) is 5.91. The molecule has 0 atom stereocenters. The molecule has 0 unspecified atom stereocenters. The monoisotopic (exact) mass is 515 g/mol. The number of ether oxygens (including phenoxy) is 1. The number of primary amides is 1. The van der Waals surface area contributed by atoms with Crippen molar-refractivity contribution in [2.75, 3.05) is 17.7 Å². The molecule has 0 spiro atoms. The molecular weight excluding hydrogens is 486 g/mol. The van der Waals surface area contributed by atoms with Crippen LogP contribution >= 0.6 is 23.1 Å². The van der Waals surface area contributed by atoms with Crippen molar-refractivity contribution >= 4 is 45.9 Å². The fourth-order valence-electron chi connectivity index (χ4n) is 3.49. The van der Waals surface area contributed by atoms with Gasteiger partial charge in [-0.05, 0) is 37.8 Å². The van der Waals surface area contributed by atoms with Crippen LogP contribution in [-0.2, 0) is 16.1 Å². The summed E-state index contributed by atoms with van der Waals surface area (Å²) in [7, 11) is 0. The summed E-state index contributed by atoms with van der Waals surface area (Å²) < 4.78 is 7.04. The van der Waals surface area contributed by atoms with Crippen molar-refractivity contribution < 1.29 is 19.1 Å². The highest BCUT2D eigenvalue weighted by Crippen LogP contribution is 2.34. The lowest BCUT2D eigenvalue weighted by atomic mass is 10.0. The number of anilines is 1. The Bertz CT molecular complexity index is 1230. The molecule has 2 aromatic heterocycles. The lowest BCUT2D eigenvalue weighted by molar-refractivity contribution is -0.113. The molecule has 0 aliphatic carbocycles. The van der Waals surface area contributed by atoms with Crippen LogP contribution in [0.2, 0.25) is 0 Å². The minimum Gasteiger partial charge on any atom is -0.462 e. The molecule has 0 saturated carbocycles. The Morgan fingerprint density at radius 1 is 1.17 bits per heavy atom. The smallest absolute Gasteiger partial charge is 0.341 e. The van der Waals surface area contributed by atoms with Gasteiger partial charge in [0, 0.05) is 12.1 Å². The molecule has 0 fully saturated rings. The molecule has 0 aliphatic rings. The Morgan fingerprint density at radius 2 is 1.86 bits per heavy atom. The van der Waals surface area contributed by atoms with E-state index in [0.717, 1.165) is 22.7 Å². The van der Waals surface area contributed by atoms with E-state index in [1.54, 1.807) is 13.8 Å². The van der Waals surface area contributed by atoms with Crippen LogP contribution in [0.1, 0.15) is 64.8 Å². The van der Waals surface area contributed by atoms with Crippen molar-refractivity contribution in [2.24, 2.45) is 5.73 Å². The Balaban J connectivity index is 1.76. The molecule has 0 bridgehead atoms. The molecule has 9 nitrogen and oxygen atoms in total. The molecule has 2 heterocycles. The molecule has 0 radical (unpaired) electrons. The molecule has 11 heteroatoms. The van der Waals surface area contributed by atoms with Crippen LogP contribution in [0, 0.1) is 6.92 Å². The van der Waals surface area contributed by atoms with Crippen molar-refractivity contribution in [3.63, 3.8) is 0 Å². The molecule has 0 saturated heterocycles. The lowest BCUT2D eigenvalue weighted by Gasteiger charge is -2.09. The standard InChI is InChI=1S/C24H29N5O4S2/c1-6-29-21(16-10-8-15(9-11-16)13(3)4)27-28-24(29)34-12-17(30)26-22-18(23(32)33-7-2)14(5)19(35-22)20(25)31/h8-11,13H,6-7,12H2,1-5H3,(H2,25,31)(H,26,30). The lowest BCUT2D eigenvalue weighted by Crippen LogP contribution is -2.17. The maximum atomic E-state index is 12.7. The predicted octanol–water partition coefficient (Wildman–Crippen LogP) is 4.46. The van der Waals surface area contributed by atoms with Crippen molar-refractivity contribution in [3.8, 4) is 11.4 Å². The van der Waals surface area contributed by atoms with Gasteiger partial charge in [0.2, 0.25) is 5.91 Å². The second kappa shape index (κ2) is 11.5. The number of nitrogens with zero attached hydrogens (tertiary/aromatic N) is 3. The number of amides is 2. The maximum Gasteiger partial charge on any atom is 0.341 e. The Hall–Kier alpha value is -3.18. The van der Waals surface area contributed by atoms with E-state index in [1.807, 2.05) is 23.6 Å². The average Bonchev–Trinajstić information content (AvgIpc) is 3.38. The van der Waals surface area contributed by atoms with Crippen LogP contribution < -0.4 is 11.1 Å². The Kier molecular flexibility index (Phi) is 8.68. The van der Waals surface area contributed by atoms with Gasteiger partial charge in [-0.3, -0.25) is 9.59 Å². The molecular formula is C24H29N5O4S2. The molecule has 35 heavy (non-hydrogen) atoms. The van der Waals surface area contributed by atoms with E-state index in [1.165, 1.54) is 17.3 Å². The fraction of sp³-hybridized carbons (Fsp3) is 0.375. The van der Waals surface area contributed by atoms with E-state index in [0.29, 0.717) is 23.2 Å². The summed E-state index contributed by atoms with van der Waals surface area (Å²) in [5, 5.41) is 12.2. The van der Waals surface area contributed by atoms with E-state index in [9.17, 15) is 14.4 Å². The number of esters is 1. The van der Waals surface area contributed by atoms with Crippen LogP contribution in [0.4, 0.5) is 5.00 Å². The van der Waals surface area contributed by atoms with E-state index in [4.69, 9.17) is 10.5 Å². The number of rotatable bonds is 10. The van der Waals surface area contributed by atoms with Crippen molar-refractivity contribution in [1.29, 1.82) is 0 Å². The number of carbonyl (C=O) groups is 3. The van der Waals surface area contributed by atoms with Gasteiger partial charge in [-0.1, -0.05) is 49.9 Å². The zero-order valence-electron chi connectivity index (χ0n) is 20.4. The van der Waals surface area contributed by atoms with Gasteiger partial charge in [-0.2, -0.15) is 0 Å². The Morgan fingerprint density at radius 3 is 2.43 bits per heavy atom. The minimum absolute atomic E-state index is 0.0372. The van der Waals surface area contributed by atoms with Gasteiger partial charge >= 0.3 is 5.97 Å². The molecule has 3 rings (SSSR count). The first-order valence-electron chi connectivity index (χ1n) is 11.2. The maximum absolute atomic E-state index is 12.7. The zero-order chi connectivity index (χ0) is 25.7. The fourth-order valence-corrected chi connectivity index (χ4v) is 5.36. The summed E-state index contributed by atoms with van der Waals surface area (Å²) >= 11 is 2.20. The second-order valence-electron chi connectivity index (χ2n) is 8.01. The third-order valence-electron chi connectivity index (χ3n) is 5.30. The topological polar surface area (TPSA) is 129 Å². The van der Waals surface area contributed by atoms with Gasteiger partial charge in [-0.15, -0.1) is 21.5 Å². The highest BCUT2D eigenvalue weighted by molar-refractivity contribution is 7.99. The minimum atomic E-state index is -0.669. The van der Waals surface area contributed by atoms with Gasteiger partial charge < -0.3 is 20.4 Å². The third-order valence-corrected chi connectivity index (χ3v) is 7.49.